The summed E-state index contributed by atoms with van der Waals surface area (Å²) in [4.78, 5) is 20.8. The zero-order valence-electron chi connectivity index (χ0n) is 16.2. The van der Waals surface area contributed by atoms with E-state index in [9.17, 15) is 13.6 Å². The Morgan fingerprint density at radius 1 is 1.42 bits per heavy atom. The Balaban J connectivity index is 1.69. The number of hydrogen-bond donors (Lipinski definition) is 3. The normalized spacial score (nSPS) is 27.0. The lowest BCUT2D eigenvalue weighted by molar-refractivity contribution is 0.102. The lowest BCUT2D eigenvalue weighted by atomic mass is 9.84. The maximum atomic E-state index is 14.9. The zero-order valence-corrected chi connectivity index (χ0v) is 17.8. The number of hydrogen-bond acceptors (Lipinski definition) is 6. The summed E-state index contributed by atoms with van der Waals surface area (Å²) in [6, 6.07) is 6.92. The number of thioether (sulfide) groups is 1. The summed E-state index contributed by atoms with van der Waals surface area (Å²) in [7, 11) is 0. The number of benzene rings is 1. The van der Waals surface area contributed by atoms with Crippen LogP contribution in [-0.4, -0.2) is 39.2 Å². The number of rotatable bonds is 6. The number of nitrogens with one attached hydrogen (secondary N) is 1. The number of nitrogens with two attached hydrogens (primary N) is 1. The van der Waals surface area contributed by atoms with Gasteiger partial charge in [-0.1, -0.05) is 35.5 Å². The summed E-state index contributed by atoms with van der Waals surface area (Å²) < 4.78 is 28.9. The van der Waals surface area contributed by atoms with Gasteiger partial charge in [-0.05, 0) is 36.8 Å². The second kappa shape index (κ2) is 8.22. The Hall–Kier alpha value is -2.49. The molecule has 0 spiro atoms. The van der Waals surface area contributed by atoms with Crippen LogP contribution in [0.4, 0.5) is 14.5 Å². The number of amidine groups is 1. The van der Waals surface area contributed by atoms with Gasteiger partial charge in [-0.2, -0.15) is 0 Å². The van der Waals surface area contributed by atoms with E-state index in [2.05, 4.69) is 15.3 Å². The molecule has 1 amide bonds. The number of aliphatic hydroxyl groups is 1. The third kappa shape index (κ3) is 3.93. The summed E-state index contributed by atoms with van der Waals surface area (Å²) in [5.41, 5.74) is 4.90. The summed E-state index contributed by atoms with van der Waals surface area (Å²) in [5.74, 6) is -1.50. The maximum Gasteiger partial charge on any atom is 0.274 e. The van der Waals surface area contributed by atoms with Crippen LogP contribution < -0.4 is 11.1 Å². The minimum absolute atomic E-state index is 0.0180. The topological polar surface area (TPSA) is 101 Å². The molecule has 1 aliphatic heterocycles. The monoisotopic (exact) mass is 464 g/mol. The molecule has 1 saturated carbocycles. The molecule has 4 N–H and O–H groups in total. The van der Waals surface area contributed by atoms with Crippen LogP contribution in [-0.2, 0) is 5.54 Å². The Bertz CT molecular complexity index is 1080. The molecule has 162 valence electrons. The number of nitrogens with zero attached hydrogens (tertiary/aromatic N) is 2. The van der Waals surface area contributed by atoms with Crippen molar-refractivity contribution < 1.29 is 18.7 Å². The summed E-state index contributed by atoms with van der Waals surface area (Å²) >= 11 is 7.08. The standard InChI is InChI=1S/C21H19ClF2N4O2S/c22-12-2-5-16(26-10-12)18(30)27-13-3-4-15(24)14(8-13)21(11-23)17-9-20(17,6-1-7-29)31-19(25)28-21/h1-6,8,10,17,29H,7,9,11H2,(H2,25,28)(H,27,30)/b6-1+/t17?,20-,21+/m0/s1. The number of pyridine rings is 1. The van der Waals surface area contributed by atoms with Crippen LogP contribution in [0.3, 0.4) is 0 Å². The fourth-order valence-corrected chi connectivity index (χ4v) is 5.45. The van der Waals surface area contributed by atoms with Crippen LogP contribution in [0, 0.1) is 11.7 Å². The second-order valence-corrected chi connectivity index (χ2v) is 9.24. The smallest absolute Gasteiger partial charge is 0.274 e. The number of aliphatic hydroxyl groups excluding tert-OH is 1. The number of halogens is 3. The van der Waals surface area contributed by atoms with Crippen molar-refractivity contribution >= 4 is 40.1 Å². The molecule has 1 aromatic heterocycles. The predicted octanol–water partition coefficient (Wildman–Crippen LogP) is 3.66. The molecule has 1 aliphatic carbocycles. The number of aromatic nitrogens is 1. The van der Waals surface area contributed by atoms with Gasteiger partial charge in [-0.3, -0.25) is 4.79 Å². The van der Waals surface area contributed by atoms with Gasteiger partial charge in [0.15, 0.2) is 5.17 Å². The second-order valence-electron chi connectivity index (χ2n) is 7.42. The van der Waals surface area contributed by atoms with Crippen LogP contribution >= 0.6 is 23.4 Å². The molecule has 1 unspecified atom stereocenters. The van der Waals surface area contributed by atoms with Crippen LogP contribution in [0.5, 0.6) is 0 Å². The van der Waals surface area contributed by atoms with E-state index >= 15 is 0 Å². The lowest BCUT2D eigenvalue weighted by Gasteiger charge is -2.34. The van der Waals surface area contributed by atoms with Crippen molar-refractivity contribution in [3.05, 3.63) is 70.8 Å². The first-order chi connectivity index (χ1) is 14.8. The molecule has 6 nitrogen and oxygen atoms in total. The average Bonchev–Trinajstić information content (AvgIpc) is 3.48. The Labute approximate surface area is 186 Å². The van der Waals surface area contributed by atoms with E-state index in [4.69, 9.17) is 22.4 Å². The van der Waals surface area contributed by atoms with Crippen molar-refractivity contribution in [1.82, 2.24) is 4.98 Å². The molecule has 2 aliphatic rings. The molecule has 10 heteroatoms. The molecule has 4 rings (SSSR count). The third-order valence-corrected chi connectivity index (χ3v) is 6.98. The van der Waals surface area contributed by atoms with E-state index in [1.54, 1.807) is 12.2 Å². The van der Waals surface area contributed by atoms with Gasteiger partial charge in [0.2, 0.25) is 0 Å². The van der Waals surface area contributed by atoms with Gasteiger partial charge in [0.1, 0.15) is 23.7 Å². The number of aliphatic imine (C=N–C) groups is 1. The molecular formula is C21H19ClF2N4O2S. The number of fused-ring (bicyclic) bond motifs is 1. The predicted molar refractivity (Wildman–Crippen MR) is 118 cm³/mol. The van der Waals surface area contributed by atoms with Gasteiger partial charge < -0.3 is 16.2 Å². The Morgan fingerprint density at radius 2 is 2.23 bits per heavy atom. The first-order valence-electron chi connectivity index (χ1n) is 9.45. The van der Waals surface area contributed by atoms with Gasteiger partial charge >= 0.3 is 0 Å². The van der Waals surface area contributed by atoms with E-state index in [0.717, 1.165) is 0 Å². The van der Waals surface area contributed by atoms with Crippen molar-refractivity contribution in [3.63, 3.8) is 0 Å². The minimum atomic E-state index is -1.52. The van der Waals surface area contributed by atoms with Gasteiger partial charge in [0, 0.05) is 28.1 Å². The molecule has 31 heavy (non-hydrogen) atoms. The molecular weight excluding hydrogens is 446 g/mol. The molecule has 2 heterocycles. The average molecular weight is 465 g/mol. The maximum absolute atomic E-state index is 14.9. The van der Waals surface area contributed by atoms with E-state index < -0.39 is 28.7 Å². The van der Waals surface area contributed by atoms with Gasteiger partial charge in [-0.15, -0.1) is 0 Å². The summed E-state index contributed by atoms with van der Waals surface area (Å²) in [6.07, 6.45) is 5.23. The van der Waals surface area contributed by atoms with Crippen molar-refractivity contribution in [2.75, 3.05) is 18.6 Å². The summed E-state index contributed by atoms with van der Waals surface area (Å²) in [6.45, 7) is -1.12. The molecule has 0 bridgehead atoms. The van der Waals surface area contributed by atoms with E-state index in [1.807, 2.05) is 0 Å². The number of alkyl halides is 1. The third-order valence-electron chi connectivity index (χ3n) is 5.49. The Morgan fingerprint density at radius 3 is 2.90 bits per heavy atom. The quantitative estimate of drug-likeness (QED) is 0.566. The van der Waals surface area contributed by atoms with E-state index in [0.29, 0.717) is 11.4 Å². The van der Waals surface area contributed by atoms with Gasteiger partial charge in [-0.25, -0.2) is 18.8 Å². The molecule has 1 aromatic carbocycles. The molecule has 2 aromatic rings. The van der Waals surface area contributed by atoms with Crippen LogP contribution in [0.2, 0.25) is 5.02 Å². The number of carbonyl (C=O) groups is 1. The molecule has 0 saturated heterocycles. The highest BCUT2D eigenvalue weighted by Crippen LogP contribution is 2.66. The fraction of sp³-hybridized carbons (Fsp3) is 0.286. The van der Waals surface area contributed by atoms with Crippen LogP contribution in [0.15, 0.2) is 53.7 Å². The highest BCUT2D eigenvalue weighted by atomic mass is 35.5. The summed E-state index contributed by atoms with van der Waals surface area (Å²) in [5, 5.41) is 12.3. The highest BCUT2D eigenvalue weighted by molar-refractivity contribution is 8.15. The van der Waals surface area contributed by atoms with Crippen LogP contribution in [0.25, 0.3) is 0 Å². The van der Waals surface area contributed by atoms with Gasteiger partial charge in [0.05, 0.1) is 11.6 Å². The van der Waals surface area contributed by atoms with E-state index in [-0.39, 0.29) is 34.6 Å². The van der Waals surface area contributed by atoms with Crippen LogP contribution in [0.1, 0.15) is 22.5 Å². The zero-order chi connectivity index (χ0) is 22.2. The lowest BCUT2D eigenvalue weighted by Crippen LogP contribution is -2.39. The van der Waals surface area contributed by atoms with Crippen molar-refractivity contribution in [2.45, 2.75) is 16.7 Å². The Kier molecular flexibility index (Phi) is 5.76. The number of carbonyl (C=O) groups excluding carboxylic acids is 1. The highest BCUT2D eigenvalue weighted by Gasteiger charge is 2.67. The molecule has 1 fully saturated rings. The SMILES string of the molecule is NC1=N[C@](CF)(c2cc(NC(=O)c3ccc(Cl)cn3)ccc2F)C2C[C@]2(/C=C/CO)S1. The van der Waals surface area contributed by atoms with Gasteiger partial charge in [0.25, 0.3) is 5.91 Å². The van der Waals surface area contributed by atoms with Crippen molar-refractivity contribution in [3.8, 4) is 0 Å². The number of anilines is 1. The largest absolute Gasteiger partial charge is 0.392 e. The molecule has 3 atom stereocenters. The van der Waals surface area contributed by atoms with E-state index in [1.165, 1.54) is 48.3 Å². The fourth-order valence-electron chi connectivity index (χ4n) is 3.99. The van der Waals surface area contributed by atoms with Crippen molar-refractivity contribution in [1.29, 1.82) is 0 Å². The first kappa shape index (κ1) is 21.7. The molecule has 0 radical (unpaired) electrons. The minimum Gasteiger partial charge on any atom is -0.392 e. The van der Waals surface area contributed by atoms with Crippen molar-refractivity contribution in [2.24, 2.45) is 16.6 Å². The first-order valence-corrected chi connectivity index (χ1v) is 10.6. The number of amides is 1.